The van der Waals surface area contributed by atoms with Crippen molar-refractivity contribution in [1.29, 1.82) is 0 Å². The van der Waals surface area contributed by atoms with Gasteiger partial charge in [0.15, 0.2) is 5.58 Å². The number of anilines is 3. The molecule has 274 valence electrons. The summed E-state index contributed by atoms with van der Waals surface area (Å²) in [6.07, 6.45) is 0. The molecular weight excluding hydrogens is 707 g/mol. The minimum atomic E-state index is -0.116. The van der Waals surface area contributed by atoms with Gasteiger partial charge in [0.05, 0.1) is 11.4 Å². The highest BCUT2D eigenvalue weighted by molar-refractivity contribution is 6.19. The Balaban J connectivity index is 1.12. The second-order valence-corrected chi connectivity index (χ2v) is 16.0. The van der Waals surface area contributed by atoms with Gasteiger partial charge in [-0.05, 0) is 86.8 Å². The van der Waals surface area contributed by atoms with Crippen molar-refractivity contribution in [3.05, 3.63) is 199 Å². The van der Waals surface area contributed by atoms with Crippen LogP contribution >= 0.6 is 0 Å². The SMILES string of the molecule is CC1(C)c2ccccc2-c2c(-c3ccccc3N(c3cccc(-c4cccc5oc6c7ccccc7ccc6c45)c3)c3cccc4c3oc3ccccc34)cccc21. The summed E-state index contributed by atoms with van der Waals surface area (Å²) in [5.41, 5.74) is 16.4. The van der Waals surface area contributed by atoms with Crippen molar-refractivity contribution in [2.24, 2.45) is 0 Å². The fraction of sp³-hybridized carbons (Fsp3) is 0.0545. The first-order valence-electron chi connectivity index (χ1n) is 20.0. The zero-order valence-corrected chi connectivity index (χ0v) is 32.2. The molecule has 11 aromatic rings. The fourth-order valence-electron chi connectivity index (χ4n) is 9.80. The molecule has 0 spiro atoms. The van der Waals surface area contributed by atoms with Crippen molar-refractivity contribution in [3.8, 4) is 33.4 Å². The smallest absolute Gasteiger partial charge is 0.159 e. The van der Waals surface area contributed by atoms with Crippen molar-refractivity contribution in [2.75, 3.05) is 4.90 Å². The van der Waals surface area contributed by atoms with Gasteiger partial charge in [0.2, 0.25) is 0 Å². The standard InChI is InChI=1S/C55H37NO2/c1-55(2)45-25-8-5-21-43(45)51-41(23-12-26-46(51)55)39-19-6-9-27-47(39)56(48-28-13-24-42-40-20-7-10-29-49(40)57-54(42)48)36-17-11-16-35(33-36)37-22-14-30-50-52(37)44-32-31-34-15-3-4-18-38(34)53(44)58-50/h3-33H,1-2H3. The molecule has 0 atom stereocenters. The van der Waals surface area contributed by atoms with E-state index in [0.29, 0.717) is 0 Å². The average Bonchev–Trinajstić information content (AvgIpc) is 3.93. The van der Waals surface area contributed by atoms with Crippen LogP contribution in [-0.2, 0) is 5.41 Å². The van der Waals surface area contributed by atoms with Crippen molar-refractivity contribution in [3.63, 3.8) is 0 Å². The Morgan fingerprint density at radius 2 is 1.05 bits per heavy atom. The van der Waals surface area contributed by atoms with Crippen molar-refractivity contribution in [1.82, 2.24) is 0 Å². The molecule has 0 aliphatic heterocycles. The monoisotopic (exact) mass is 743 g/mol. The molecule has 58 heavy (non-hydrogen) atoms. The van der Waals surface area contributed by atoms with Crippen LogP contribution in [0.25, 0.3) is 88.0 Å². The topological polar surface area (TPSA) is 29.5 Å². The Hall–Kier alpha value is -7.36. The van der Waals surface area contributed by atoms with E-state index in [-0.39, 0.29) is 5.41 Å². The Morgan fingerprint density at radius 1 is 0.414 bits per heavy atom. The van der Waals surface area contributed by atoms with Crippen LogP contribution in [-0.4, -0.2) is 0 Å². The molecule has 0 fully saturated rings. The molecule has 3 heteroatoms. The highest BCUT2D eigenvalue weighted by Crippen LogP contribution is 2.54. The predicted molar refractivity (Wildman–Crippen MR) is 242 cm³/mol. The summed E-state index contributed by atoms with van der Waals surface area (Å²) < 4.78 is 13.4. The molecule has 2 aromatic heterocycles. The molecule has 0 amide bonds. The third kappa shape index (κ3) is 4.68. The van der Waals surface area contributed by atoms with Crippen LogP contribution in [0.3, 0.4) is 0 Å². The molecule has 0 unspecified atom stereocenters. The number of hydrogen-bond acceptors (Lipinski definition) is 3. The molecule has 9 aromatic carbocycles. The van der Waals surface area contributed by atoms with E-state index in [2.05, 4.69) is 201 Å². The van der Waals surface area contributed by atoms with E-state index >= 15 is 0 Å². The van der Waals surface area contributed by atoms with E-state index in [1.54, 1.807) is 0 Å². The quantitative estimate of drug-likeness (QED) is 0.176. The molecule has 12 rings (SSSR count). The molecule has 0 saturated heterocycles. The van der Waals surface area contributed by atoms with Gasteiger partial charge >= 0.3 is 0 Å². The van der Waals surface area contributed by atoms with Crippen LogP contribution < -0.4 is 4.90 Å². The molecule has 0 N–H and O–H groups in total. The van der Waals surface area contributed by atoms with Crippen molar-refractivity contribution >= 4 is 71.7 Å². The third-order valence-electron chi connectivity index (χ3n) is 12.5. The molecule has 1 aliphatic carbocycles. The van der Waals surface area contributed by atoms with Gasteiger partial charge in [-0.25, -0.2) is 0 Å². The summed E-state index contributed by atoms with van der Waals surface area (Å²) in [5, 5.41) is 6.72. The minimum Gasteiger partial charge on any atom is -0.455 e. The lowest BCUT2D eigenvalue weighted by Gasteiger charge is -2.29. The molecule has 2 heterocycles. The van der Waals surface area contributed by atoms with Crippen LogP contribution in [0.15, 0.2) is 197 Å². The van der Waals surface area contributed by atoms with Gasteiger partial charge in [-0.3, -0.25) is 0 Å². The van der Waals surface area contributed by atoms with Gasteiger partial charge < -0.3 is 13.7 Å². The van der Waals surface area contributed by atoms with Crippen LogP contribution in [0, 0.1) is 0 Å². The molecule has 0 radical (unpaired) electrons. The highest BCUT2D eigenvalue weighted by atomic mass is 16.3. The van der Waals surface area contributed by atoms with Gasteiger partial charge in [-0.1, -0.05) is 159 Å². The van der Waals surface area contributed by atoms with E-state index in [4.69, 9.17) is 8.83 Å². The molecule has 0 saturated carbocycles. The zero-order chi connectivity index (χ0) is 38.5. The van der Waals surface area contributed by atoms with Gasteiger partial charge in [0, 0.05) is 43.6 Å². The van der Waals surface area contributed by atoms with Gasteiger partial charge in [-0.15, -0.1) is 0 Å². The number of para-hydroxylation sites is 3. The fourth-order valence-corrected chi connectivity index (χ4v) is 9.80. The normalized spacial score (nSPS) is 13.1. The number of nitrogens with zero attached hydrogens (tertiary/aromatic N) is 1. The molecule has 3 nitrogen and oxygen atoms in total. The second-order valence-electron chi connectivity index (χ2n) is 16.0. The summed E-state index contributed by atoms with van der Waals surface area (Å²) in [5.74, 6) is 0. The van der Waals surface area contributed by atoms with Crippen molar-refractivity contribution in [2.45, 2.75) is 19.3 Å². The maximum Gasteiger partial charge on any atom is 0.159 e. The van der Waals surface area contributed by atoms with Crippen LogP contribution in [0.5, 0.6) is 0 Å². The van der Waals surface area contributed by atoms with E-state index in [0.717, 1.165) is 83.0 Å². The molecule has 1 aliphatic rings. The first-order chi connectivity index (χ1) is 28.5. The number of benzene rings is 9. The third-order valence-corrected chi connectivity index (χ3v) is 12.5. The van der Waals surface area contributed by atoms with E-state index in [1.165, 1.54) is 33.2 Å². The van der Waals surface area contributed by atoms with Gasteiger partial charge in [-0.2, -0.15) is 0 Å². The van der Waals surface area contributed by atoms with Crippen LogP contribution in [0.4, 0.5) is 17.1 Å². The lowest BCUT2D eigenvalue weighted by atomic mass is 9.82. The summed E-state index contributed by atoms with van der Waals surface area (Å²) in [4.78, 5) is 2.40. The first kappa shape index (κ1) is 32.8. The largest absolute Gasteiger partial charge is 0.455 e. The summed E-state index contributed by atoms with van der Waals surface area (Å²) in [6.45, 7) is 4.69. The number of hydrogen-bond donors (Lipinski definition) is 0. The molecular formula is C55H37NO2. The summed E-state index contributed by atoms with van der Waals surface area (Å²) >= 11 is 0. The van der Waals surface area contributed by atoms with E-state index in [1.807, 2.05) is 6.07 Å². The Kier molecular flexibility index (Phi) is 6.98. The number of furan rings is 2. The Morgan fingerprint density at radius 3 is 1.98 bits per heavy atom. The maximum atomic E-state index is 6.79. The second kappa shape index (κ2) is 12.3. The lowest BCUT2D eigenvalue weighted by molar-refractivity contribution is 0.660. The summed E-state index contributed by atoms with van der Waals surface area (Å²) in [6, 6.07) is 67.6. The molecule has 0 bridgehead atoms. The van der Waals surface area contributed by atoms with E-state index in [9.17, 15) is 0 Å². The van der Waals surface area contributed by atoms with Gasteiger partial charge in [0.25, 0.3) is 0 Å². The Labute approximate surface area is 336 Å². The zero-order valence-electron chi connectivity index (χ0n) is 32.2. The van der Waals surface area contributed by atoms with Crippen LogP contribution in [0.2, 0.25) is 0 Å². The summed E-state index contributed by atoms with van der Waals surface area (Å²) in [7, 11) is 0. The van der Waals surface area contributed by atoms with Gasteiger partial charge in [0.1, 0.15) is 16.7 Å². The van der Waals surface area contributed by atoms with Crippen molar-refractivity contribution < 1.29 is 8.83 Å². The number of rotatable bonds is 5. The maximum absolute atomic E-state index is 6.79. The Bertz CT molecular complexity index is 3450. The van der Waals surface area contributed by atoms with E-state index < -0.39 is 0 Å². The average molecular weight is 744 g/mol. The predicted octanol–water partition coefficient (Wildman–Crippen LogP) is 15.7. The highest BCUT2D eigenvalue weighted by Gasteiger charge is 2.37. The lowest BCUT2D eigenvalue weighted by Crippen LogP contribution is -2.15. The first-order valence-corrected chi connectivity index (χ1v) is 20.0. The number of fused-ring (bicyclic) bond motifs is 11. The van der Waals surface area contributed by atoms with Crippen LogP contribution in [0.1, 0.15) is 25.0 Å². The minimum absolute atomic E-state index is 0.116.